The Balaban J connectivity index is 1.63. The second kappa shape index (κ2) is 10.7. The van der Waals surface area contributed by atoms with Crippen LogP contribution in [0, 0.1) is 29.9 Å². The molecule has 3 heterocycles. The number of hydrogen-bond donors (Lipinski definition) is 0. The number of benzene rings is 1. The van der Waals surface area contributed by atoms with Crippen molar-refractivity contribution in [3.63, 3.8) is 0 Å². The molecule has 3 aromatic rings. The molecular weight excluding hydrogens is 474 g/mol. The lowest BCUT2D eigenvalue weighted by molar-refractivity contribution is 0.0359. The molecule has 8 heteroatoms. The molecule has 0 bridgehead atoms. The molecule has 0 saturated carbocycles. The second-order valence-electron chi connectivity index (χ2n) is 11.5. The lowest BCUT2D eigenvalue weighted by atomic mass is 9.84. The average molecular weight is 515 g/mol. The molecule has 1 aliphatic rings. The van der Waals surface area contributed by atoms with Crippen molar-refractivity contribution in [2.75, 3.05) is 26.3 Å². The van der Waals surface area contributed by atoms with Crippen LogP contribution in [0.2, 0.25) is 0 Å². The van der Waals surface area contributed by atoms with E-state index in [1.54, 1.807) is 9.13 Å². The molecule has 1 atom stereocenters. The van der Waals surface area contributed by atoms with Crippen LogP contribution >= 0.6 is 0 Å². The van der Waals surface area contributed by atoms with Crippen molar-refractivity contribution in [3.05, 3.63) is 63.8 Å². The molecule has 1 aliphatic heterocycles. The maximum Gasteiger partial charge on any atom is 0.329 e. The number of ether oxygens (including phenoxy) is 1. The highest BCUT2D eigenvalue weighted by Crippen LogP contribution is 2.41. The zero-order valence-electron chi connectivity index (χ0n) is 23.0. The summed E-state index contributed by atoms with van der Waals surface area (Å²) in [6.07, 6.45) is 3.58. The molecule has 0 radical (unpaired) electrons. The Morgan fingerprint density at radius 2 is 1.81 bits per heavy atom. The van der Waals surface area contributed by atoms with Gasteiger partial charge >= 0.3 is 5.69 Å². The van der Waals surface area contributed by atoms with E-state index in [-0.39, 0.29) is 22.6 Å². The van der Waals surface area contributed by atoms with E-state index >= 15 is 0 Å². The Morgan fingerprint density at radius 3 is 2.41 bits per heavy atom. The second-order valence-corrected chi connectivity index (χ2v) is 11.5. The van der Waals surface area contributed by atoms with Crippen molar-refractivity contribution >= 4 is 11.0 Å². The molecular formula is C29H40F2N4O2. The Morgan fingerprint density at radius 1 is 1.14 bits per heavy atom. The van der Waals surface area contributed by atoms with Crippen LogP contribution in [-0.2, 0) is 23.4 Å². The number of halogens is 2. The third-order valence-corrected chi connectivity index (χ3v) is 7.93. The highest BCUT2D eigenvalue weighted by Gasteiger charge is 2.44. The van der Waals surface area contributed by atoms with E-state index < -0.39 is 11.6 Å². The number of imidazole rings is 1. The van der Waals surface area contributed by atoms with Crippen LogP contribution in [0.3, 0.4) is 0 Å². The minimum atomic E-state index is -0.938. The van der Waals surface area contributed by atoms with E-state index in [4.69, 9.17) is 4.74 Å². The molecule has 0 aliphatic carbocycles. The fourth-order valence-corrected chi connectivity index (χ4v) is 5.55. The summed E-state index contributed by atoms with van der Waals surface area (Å²) < 4.78 is 37.5. The van der Waals surface area contributed by atoms with Crippen LogP contribution in [0.4, 0.5) is 8.78 Å². The molecule has 202 valence electrons. The quantitative estimate of drug-likeness (QED) is 0.359. The predicted molar refractivity (Wildman–Crippen MR) is 143 cm³/mol. The SMILES string of the molecule is CCOCC1(CCn2c(=O)n(CC(C)C)c3cc(F)c(F)cc32)CCN(C(C)(C)c2ccc(C)nc2)C1. The van der Waals surface area contributed by atoms with Gasteiger partial charge in [0, 0.05) is 61.2 Å². The summed E-state index contributed by atoms with van der Waals surface area (Å²) in [4.78, 5) is 20.4. The van der Waals surface area contributed by atoms with Gasteiger partial charge in [-0.1, -0.05) is 19.9 Å². The number of nitrogens with zero attached hydrogens (tertiary/aromatic N) is 4. The molecule has 0 amide bonds. The van der Waals surface area contributed by atoms with Crippen molar-refractivity contribution in [1.82, 2.24) is 19.0 Å². The number of pyridine rings is 1. The topological polar surface area (TPSA) is 52.3 Å². The van der Waals surface area contributed by atoms with E-state index in [0.717, 1.165) is 42.9 Å². The number of likely N-dealkylation sites (tertiary alicyclic amines) is 1. The average Bonchev–Trinajstić information content (AvgIpc) is 3.38. The molecule has 1 fully saturated rings. The molecule has 4 rings (SSSR count). The van der Waals surface area contributed by atoms with Gasteiger partial charge in [-0.05, 0) is 64.6 Å². The molecule has 1 aromatic carbocycles. The number of aryl methyl sites for hydroxylation is 2. The van der Waals surface area contributed by atoms with Gasteiger partial charge in [0.05, 0.1) is 17.6 Å². The van der Waals surface area contributed by atoms with Gasteiger partial charge in [0.25, 0.3) is 0 Å². The summed E-state index contributed by atoms with van der Waals surface area (Å²) in [5, 5.41) is 0. The Labute approximate surface area is 218 Å². The third kappa shape index (κ3) is 5.50. The van der Waals surface area contributed by atoms with E-state index in [1.165, 1.54) is 0 Å². The van der Waals surface area contributed by atoms with Gasteiger partial charge in [-0.2, -0.15) is 0 Å². The summed E-state index contributed by atoms with van der Waals surface area (Å²) in [6, 6.07) is 6.49. The van der Waals surface area contributed by atoms with Crippen LogP contribution in [0.1, 0.15) is 58.7 Å². The highest BCUT2D eigenvalue weighted by molar-refractivity contribution is 5.76. The summed E-state index contributed by atoms with van der Waals surface area (Å²) in [5.41, 5.74) is 2.45. The maximum atomic E-state index is 14.3. The predicted octanol–water partition coefficient (Wildman–Crippen LogP) is 5.49. The monoisotopic (exact) mass is 514 g/mol. The number of hydrogen-bond acceptors (Lipinski definition) is 4. The van der Waals surface area contributed by atoms with E-state index in [1.807, 2.05) is 40.0 Å². The van der Waals surface area contributed by atoms with Crippen LogP contribution in [0.5, 0.6) is 0 Å². The zero-order valence-corrected chi connectivity index (χ0v) is 23.0. The summed E-state index contributed by atoms with van der Waals surface area (Å²) in [6.45, 7) is 16.2. The lowest BCUT2D eigenvalue weighted by Gasteiger charge is -2.38. The van der Waals surface area contributed by atoms with Crippen LogP contribution in [-0.4, -0.2) is 45.3 Å². The number of aromatic nitrogens is 3. The van der Waals surface area contributed by atoms with E-state index in [2.05, 4.69) is 29.8 Å². The summed E-state index contributed by atoms with van der Waals surface area (Å²) >= 11 is 0. The first-order valence-corrected chi connectivity index (χ1v) is 13.3. The van der Waals surface area contributed by atoms with Gasteiger partial charge in [0.1, 0.15) is 0 Å². The summed E-state index contributed by atoms with van der Waals surface area (Å²) in [7, 11) is 0. The molecule has 2 aromatic heterocycles. The Hall–Kier alpha value is -2.58. The smallest absolute Gasteiger partial charge is 0.329 e. The zero-order chi connectivity index (χ0) is 27.0. The van der Waals surface area contributed by atoms with Gasteiger partial charge in [-0.3, -0.25) is 19.0 Å². The van der Waals surface area contributed by atoms with Crippen molar-refractivity contribution in [2.45, 2.75) is 73.0 Å². The van der Waals surface area contributed by atoms with Gasteiger partial charge in [0.2, 0.25) is 0 Å². The van der Waals surface area contributed by atoms with Crippen molar-refractivity contribution < 1.29 is 13.5 Å². The van der Waals surface area contributed by atoms with Crippen LogP contribution in [0.25, 0.3) is 11.0 Å². The lowest BCUT2D eigenvalue weighted by Crippen LogP contribution is -2.42. The van der Waals surface area contributed by atoms with Gasteiger partial charge in [-0.15, -0.1) is 0 Å². The summed E-state index contributed by atoms with van der Waals surface area (Å²) in [5.74, 6) is -1.68. The Kier molecular flexibility index (Phi) is 7.91. The molecule has 0 N–H and O–H groups in total. The largest absolute Gasteiger partial charge is 0.381 e. The molecule has 1 saturated heterocycles. The molecule has 6 nitrogen and oxygen atoms in total. The molecule has 0 spiro atoms. The number of rotatable bonds is 10. The first-order valence-electron chi connectivity index (χ1n) is 13.3. The van der Waals surface area contributed by atoms with Gasteiger partial charge in [0.15, 0.2) is 11.6 Å². The number of fused-ring (bicyclic) bond motifs is 1. The standard InChI is InChI=1S/C29H40F2N4O2/c1-7-37-19-29(10-12-33(18-29)28(5,6)22-9-8-21(4)32-16-22)11-13-34-25-14-23(30)24(31)15-26(25)35(27(34)36)17-20(2)3/h8-9,14-16,20H,7,10-13,17-19H2,1-6H3. The fraction of sp³-hybridized carbons (Fsp3) is 0.586. The van der Waals surface area contributed by atoms with E-state index in [0.29, 0.717) is 43.8 Å². The first kappa shape index (κ1) is 27.5. The van der Waals surface area contributed by atoms with Crippen LogP contribution in [0.15, 0.2) is 35.3 Å². The minimum Gasteiger partial charge on any atom is -0.381 e. The highest BCUT2D eigenvalue weighted by atomic mass is 19.2. The molecule has 1 unspecified atom stereocenters. The van der Waals surface area contributed by atoms with Gasteiger partial charge < -0.3 is 4.74 Å². The Bertz CT molecular complexity index is 1300. The normalized spacial score (nSPS) is 18.9. The minimum absolute atomic E-state index is 0.157. The maximum absolute atomic E-state index is 14.3. The van der Waals surface area contributed by atoms with Crippen molar-refractivity contribution in [2.24, 2.45) is 11.3 Å². The molecule has 37 heavy (non-hydrogen) atoms. The van der Waals surface area contributed by atoms with Crippen molar-refractivity contribution in [1.29, 1.82) is 0 Å². The van der Waals surface area contributed by atoms with Crippen molar-refractivity contribution in [3.8, 4) is 0 Å². The van der Waals surface area contributed by atoms with E-state index in [9.17, 15) is 13.6 Å². The first-order chi connectivity index (χ1) is 17.5. The van der Waals surface area contributed by atoms with Gasteiger partial charge in [-0.25, -0.2) is 13.6 Å². The fourth-order valence-electron chi connectivity index (χ4n) is 5.55. The third-order valence-electron chi connectivity index (χ3n) is 7.93. The van der Waals surface area contributed by atoms with Crippen LogP contribution < -0.4 is 5.69 Å².